The van der Waals surface area contributed by atoms with E-state index in [1.54, 1.807) is 26.5 Å². The summed E-state index contributed by atoms with van der Waals surface area (Å²) in [6, 6.07) is 15.6. The van der Waals surface area contributed by atoms with Gasteiger partial charge in [0.05, 0.1) is 14.2 Å². The van der Waals surface area contributed by atoms with Gasteiger partial charge in [0, 0.05) is 51.8 Å². The largest absolute Gasteiger partial charge is 0.493 e. The van der Waals surface area contributed by atoms with Gasteiger partial charge in [-0.3, -0.25) is 9.59 Å². The minimum absolute atomic E-state index is 0.215. The van der Waals surface area contributed by atoms with E-state index in [0.29, 0.717) is 30.9 Å². The average molecular weight is 453 g/mol. The first kappa shape index (κ1) is 24.1. The molecule has 1 aliphatic heterocycles. The van der Waals surface area contributed by atoms with Gasteiger partial charge in [-0.15, -0.1) is 0 Å². The second kappa shape index (κ2) is 10.8. The van der Waals surface area contributed by atoms with E-state index in [-0.39, 0.29) is 11.8 Å². The fourth-order valence-electron chi connectivity index (χ4n) is 4.09. The van der Waals surface area contributed by atoms with Crippen LogP contribution < -0.4 is 19.7 Å². The van der Waals surface area contributed by atoms with Crippen LogP contribution in [0.4, 0.5) is 5.69 Å². The van der Waals surface area contributed by atoms with E-state index in [1.807, 2.05) is 37.4 Å². The van der Waals surface area contributed by atoms with Gasteiger partial charge in [-0.1, -0.05) is 24.3 Å². The van der Waals surface area contributed by atoms with Crippen molar-refractivity contribution in [1.29, 1.82) is 0 Å². The van der Waals surface area contributed by atoms with Gasteiger partial charge in [-0.05, 0) is 36.2 Å². The molecule has 2 aromatic rings. The molecule has 2 amide bonds. The van der Waals surface area contributed by atoms with Gasteiger partial charge in [0.15, 0.2) is 17.0 Å². The number of para-hydroxylation sites is 1. The molecule has 8 heteroatoms. The molecule has 0 radical (unpaired) electrons. The van der Waals surface area contributed by atoms with Crippen LogP contribution in [0.3, 0.4) is 0 Å². The van der Waals surface area contributed by atoms with E-state index in [0.717, 1.165) is 24.2 Å². The summed E-state index contributed by atoms with van der Waals surface area (Å²) in [6.07, 6.45) is 3.05. The highest BCUT2D eigenvalue weighted by Gasteiger charge is 2.48. The summed E-state index contributed by atoms with van der Waals surface area (Å²) < 4.78 is 10.7. The number of nitrogens with one attached hydrogen (secondary N) is 1. The first-order chi connectivity index (χ1) is 15.9. The number of anilines is 1. The highest BCUT2D eigenvalue weighted by Crippen LogP contribution is 2.33. The highest BCUT2D eigenvalue weighted by molar-refractivity contribution is 5.95. The smallest absolute Gasteiger partial charge is 0.248 e. The third-order valence-electron chi connectivity index (χ3n) is 5.85. The molecule has 0 aliphatic carbocycles. The van der Waals surface area contributed by atoms with Gasteiger partial charge in [0.2, 0.25) is 11.8 Å². The van der Waals surface area contributed by atoms with Crippen LogP contribution in [0.5, 0.6) is 11.5 Å². The van der Waals surface area contributed by atoms with Crippen molar-refractivity contribution in [2.24, 2.45) is 5.10 Å². The molecule has 1 unspecified atom stereocenters. The van der Waals surface area contributed by atoms with Crippen LogP contribution in [-0.4, -0.2) is 62.9 Å². The normalized spacial score (nSPS) is 17.0. The second-order valence-electron chi connectivity index (χ2n) is 8.10. The quantitative estimate of drug-likeness (QED) is 0.561. The molecule has 33 heavy (non-hydrogen) atoms. The number of carbonyl (C=O) groups excluding carboxylic acids is 2. The number of carbonyl (C=O) groups is 2. The first-order valence-electron chi connectivity index (χ1n) is 11.0. The van der Waals surface area contributed by atoms with Gasteiger partial charge in [-0.2, -0.15) is 5.10 Å². The summed E-state index contributed by atoms with van der Waals surface area (Å²) in [7, 11) is 5.17. The summed E-state index contributed by atoms with van der Waals surface area (Å²) in [5.41, 5.74) is 0.862. The molecule has 1 heterocycles. The maximum absolute atomic E-state index is 13.4. The molecule has 0 aromatic heterocycles. The molecule has 8 nitrogen and oxygen atoms in total. The third kappa shape index (κ3) is 5.45. The Morgan fingerprint density at radius 3 is 2.52 bits per heavy atom. The molecule has 176 valence electrons. The Labute approximate surface area is 195 Å². The fourth-order valence-corrected chi connectivity index (χ4v) is 4.09. The molecule has 0 saturated heterocycles. The second-order valence-corrected chi connectivity index (χ2v) is 8.10. The lowest BCUT2D eigenvalue weighted by Crippen LogP contribution is -2.58. The van der Waals surface area contributed by atoms with Gasteiger partial charge in [0.1, 0.15) is 0 Å². The maximum Gasteiger partial charge on any atom is 0.248 e. The van der Waals surface area contributed by atoms with Crippen molar-refractivity contribution in [3.63, 3.8) is 0 Å². The topological polar surface area (TPSA) is 83.5 Å². The summed E-state index contributed by atoms with van der Waals surface area (Å²) in [5, 5.41) is 8.55. The van der Waals surface area contributed by atoms with E-state index in [9.17, 15) is 9.59 Å². The molecular weight excluding hydrogens is 420 g/mol. The lowest BCUT2D eigenvalue weighted by Gasteiger charge is -2.34. The standard InChI is InChI=1S/C25H32N4O4/c1-19(30)29-25(13-15-27-29,18-20-11-12-22(32-3)23(17-20)33-4)24(31)26-14-8-16-28(2)21-9-6-5-7-10-21/h5-7,9-12,15,17H,8,13-14,16,18H2,1-4H3,(H,26,31). The molecule has 2 aromatic carbocycles. The average Bonchev–Trinajstić information content (AvgIpc) is 3.27. The Hall–Kier alpha value is -3.55. The number of nitrogens with zero attached hydrogens (tertiary/aromatic N) is 3. The lowest BCUT2D eigenvalue weighted by molar-refractivity contribution is -0.145. The maximum atomic E-state index is 13.4. The van der Waals surface area contributed by atoms with Crippen molar-refractivity contribution in [3.8, 4) is 11.5 Å². The van der Waals surface area contributed by atoms with Crippen LogP contribution in [0.1, 0.15) is 25.3 Å². The predicted octanol–water partition coefficient (Wildman–Crippen LogP) is 2.87. The van der Waals surface area contributed by atoms with Crippen LogP contribution >= 0.6 is 0 Å². The summed E-state index contributed by atoms with van der Waals surface area (Å²) >= 11 is 0. The van der Waals surface area contributed by atoms with Crippen molar-refractivity contribution in [3.05, 3.63) is 54.1 Å². The zero-order valence-corrected chi connectivity index (χ0v) is 19.7. The van der Waals surface area contributed by atoms with Crippen molar-refractivity contribution in [2.75, 3.05) is 39.3 Å². The van der Waals surface area contributed by atoms with Crippen molar-refractivity contribution in [1.82, 2.24) is 10.3 Å². The molecule has 1 atom stereocenters. The number of hydrogen-bond donors (Lipinski definition) is 1. The lowest BCUT2D eigenvalue weighted by atomic mass is 9.86. The van der Waals surface area contributed by atoms with E-state index < -0.39 is 5.54 Å². The summed E-state index contributed by atoms with van der Waals surface area (Å²) in [4.78, 5) is 27.9. The zero-order valence-electron chi connectivity index (χ0n) is 19.7. The van der Waals surface area contributed by atoms with E-state index in [4.69, 9.17) is 9.47 Å². The first-order valence-corrected chi connectivity index (χ1v) is 11.0. The van der Waals surface area contributed by atoms with Crippen LogP contribution in [0.2, 0.25) is 0 Å². The molecule has 0 bridgehead atoms. The van der Waals surface area contributed by atoms with Gasteiger partial charge >= 0.3 is 0 Å². The molecule has 0 fully saturated rings. The fraction of sp³-hybridized carbons (Fsp3) is 0.400. The number of methoxy groups -OCH3 is 2. The van der Waals surface area contributed by atoms with Crippen molar-refractivity contribution < 1.29 is 19.1 Å². The molecule has 3 rings (SSSR count). The monoisotopic (exact) mass is 452 g/mol. The molecule has 1 N–H and O–H groups in total. The third-order valence-corrected chi connectivity index (χ3v) is 5.85. The van der Waals surface area contributed by atoms with E-state index in [1.165, 1.54) is 11.9 Å². The Morgan fingerprint density at radius 2 is 1.85 bits per heavy atom. The van der Waals surface area contributed by atoms with E-state index >= 15 is 0 Å². The number of benzene rings is 2. The molecule has 0 saturated carbocycles. The van der Waals surface area contributed by atoms with Gasteiger partial charge in [0.25, 0.3) is 0 Å². The molecule has 0 spiro atoms. The predicted molar refractivity (Wildman–Crippen MR) is 129 cm³/mol. The minimum atomic E-state index is -1.11. The minimum Gasteiger partial charge on any atom is -0.493 e. The zero-order chi connectivity index (χ0) is 23.8. The summed E-state index contributed by atoms with van der Waals surface area (Å²) in [6.45, 7) is 2.71. The van der Waals surface area contributed by atoms with E-state index in [2.05, 4.69) is 27.5 Å². The number of ether oxygens (including phenoxy) is 2. The number of rotatable bonds is 10. The number of hydrazone groups is 1. The van der Waals surface area contributed by atoms with Crippen molar-refractivity contribution >= 4 is 23.7 Å². The summed E-state index contributed by atoms with van der Waals surface area (Å²) in [5.74, 6) is 0.687. The van der Waals surface area contributed by atoms with Crippen LogP contribution in [0.25, 0.3) is 0 Å². The number of hydrogen-bond acceptors (Lipinski definition) is 6. The Balaban J connectivity index is 1.70. The molecule has 1 aliphatic rings. The van der Waals surface area contributed by atoms with Crippen LogP contribution in [0.15, 0.2) is 53.6 Å². The van der Waals surface area contributed by atoms with Crippen LogP contribution in [-0.2, 0) is 16.0 Å². The number of amides is 2. The molecular formula is C25H32N4O4. The Morgan fingerprint density at radius 1 is 1.12 bits per heavy atom. The Bertz CT molecular complexity index is 995. The van der Waals surface area contributed by atoms with Gasteiger partial charge in [-0.25, -0.2) is 5.01 Å². The van der Waals surface area contributed by atoms with Gasteiger partial charge < -0.3 is 19.7 Å². The Kier molecular flexibility index (Phi) is 7.92. The SMILES string of the molecule is COc1ccc(CC2(C(=O)NCCCN(C)c3ccccc3)CC=NN2C(C)=O)cc1OC. The van der Waals surface area contributed by atoms with Crippen molar-refractivity contribution in [2.45, 2.75) is 31.7 Å². The highest BCUT2D eigenvalue weighted by atomic mass is 16.5. The van der Waals surface area contributed by atoms with Crippen LogP contribution in [0, 0.1) is 0 Å².